The van der Waals surface area contributed by atoms with Crippen molar-refractivity contribution < 1.29 is 9.57 Å². The minimum Gasteiger partial charge on any atom is -0.379 e. The largest absolute Gasteiger partial charge is 0.379 e. The molecule has 0 unspecified atom stereocenters. The summed E-state index contributed by atoms with van der Waals surface area (Å²) in [6.45, 7) is 1.50. The molecule has 0 aromatic rings. The molecule has 1 spiro atoms. The van der Waals surface area contributed by atoms with Crippen LogP contribution in [-0.4, -0.2) is 36.4 Å². The molecule has 2 aliphatic heterocycles. The molecule has 4 heteroatoms. The van der Waals surface area contributed by atoms with Gasteiger partial charge >= 0.3 is 0 Å². The van der Waals surface area contributed by atoms with Crippen LogP contribution in [0.5, 0.6) is 0 Å². The maximum absolute atomic E-state index is 6.76. The molecule has 0 N–H and O–H groups in total. The Bertz CT molecular complexity index is 360. The molecule has 2 heterocycles. The van der Waals surface area contributed by atoms with E-state index in [1.807, 2.05) is 12.1 Å². The number of hydroxylamine groups is 2. The quantitative estimate of drug-likeness (QED) is 0.461. The molecule has 82 valence electrons. The second-order valence-electron chi connectivity index (χ2n) is 5.19. The molecular weight excluding hydrogens is 214 g/mol. The minimum absolute atomic E-state index is 0.00270. The molecule has 3 fully saturated rings. The predicted octanol–water partition coefficient (Wildman–Crippen LogP) is 1.39. The first kappa shape index (κ1) is 8.99. The van der Waals surface area contributed by atoms with Gasteiger partial charge < -0.3 is 4.74 Å². The summed E-state index contributed by atoms with van der Waals surface area (Å²) < 4.78 is 5.66. The number of fused-ring (bicyclic) bond motifs is 3. The number of allylic oxidation sites excluding steroid dienone is 1. The van der Waals surface area contributed by atoms with Crippen LogP contribution in [0.1, 0.15) is 6.42 Å². The van der Waals surface area contributed by atoms with Crippen molar-refractivity contribution in [2.24, 2.45) is 17.3 Å². The smallest absolute Gasteiger partial charge is 0.179 e. The molecule has 1 saturated carbocycles. The number of alkyl halides is 1. The van der Waals surface area contributed by atoms with E-state index in [1.165, 1.54) is 0 Å². The molecule has 0 aromatic carbocycles. The van der Waals surface area contributed by atoms with Gasteiger partial charge in [-0.15, -0.1) is 0 Å². The fraction of sp³-hybridized carbons (Fsp3) is 0.818. The van der Waals surface area contributed by atoms with Crippen molar-refractivity contribution in [1.29, 1.82) is 0 Å². The van der Waals surface area contributed by atoms with Gasteiger partial charge in [-0.05, 0) is 12.3 Å². The second-order valence-corrected chi connectivity index (χ2v) is 5.75. The Morgan fingerprint density at radius 1 is 1.40 bits per heavy atom. The van der Waals surface area contributed by atoms with E-state index in [-0.39, 0.29) is 5.41 Å². The third kappa shape index (κ3) is 0.732. The highest BCUT2D eigenvalue weighted by Crippen LogP contribution is 2.69. The van der Waals surface area contributed by atoms with E-state index in [1.54, 1.807) is 0 Å². The van der Waals surface area contributed by atoms with Crippen molar-refractivity contribution in [2.75, 3.05) is 20.3 Å². The number of likely N-dealkylation sites (N-methyl/N-ethyl adjacent to an activating group) is 1. The van der Waals surface area contributed by atoms with Crippen molar-refractivity contribution >= 4 is 11.6 Å². The Labute approximate surface area is 93.9 Å². The van der Waals surface area contributed by atoms with Gasteiger partial charge in [0.25, 0.3) is 0 Å². The first-order valence-corrected chi connectivity index (χ1v) is 5.93. The van der Waals surface area contributed by atoms with Crippen molar-refractivity contribution in [3.05, 3.63) is 12.2 Å². The normalized spacial score (nSPS) is 61.3. The highest BCUT2D eigenvalue weighted by molar-refractivity contribution is 6.24. The first-order chi connectivity index (χ1) is 7.18. The highest BCUT2D eigenvalue weighted by Gasteiger charge is 2.76. The van der Waals surface area contributed by atoms with Crippen LogP contribution in [0, 0.1) is 17.3 Å². The van der Waals surface area contributed by atoms with Gasteiger partial charge in [-0.1, -0.05) is 23.8 Å². The van der Waals surface area contributed by atoms with Crippen molar-refractivity contribution in [3.63, 3.8) is 0 Å². The van der Waals surface area contributed by atoms with Crippen LogP contribution in [0.2, 0.25) is 0 Å². The molecule has 0 radical (unpaired) electrons. The fourth-order valence-corrected chi connectivity index (χ4v) is 4.66. The van der Waals surface area contributed by atoms with Crippen LogP contribution in [0.25, 0.3) is 0 Å². The van der Waals surface area contributed by atoms with Gasteiger partial charge in [0.15, 0.2) is 5.06 Å². The van der Waals surface area contributed by atoms with Gasteiger partial charge in [-0.3, -0.25) is 4.84 Å². The number of hydrogen-bond acceptors (Lipinski definition) is 3. The Kier molecular flexibility index (Phi) is 1.45. The lowest BCUT2D eigenvalue weighted by atomic mass is 9.71. The summed E-state index contributed by atoms with van der Waals surface area (Å²) >= 11 is 6.76. The van der Waals surface area contributed by atoms with Crippen molar-refractivity contribution in [3.8, 4) is 0 Å². The molecule has 2 aliphatic carbocycles. The van der Waals surface area contributed by atoms with Crippen LogP contribution in [0.3, 0.4) is 0 Å². The molecule has 3 nitrogen and oxygen atoms in total. The fourth-order valence-electron chi connectivity index (χ4n) is 4.07. The van der Waals surface area contributed by atoms with Gasteiger partial charge in [-0.25, -0.2) is 0 Å². The van der Waals surface area contributed by atoms with E-state index in [9.17, 15) is 0 Å². The summed E-state index contributed by atoms with van der Waals surface area (Å²) in [5.41, 5.74) is 0.00270. The van der Waals surface area contributed by atoms with E-state index in [4.69, 9.17) is 21.2 Å². The average molecular weight is 228 g/mol. The highest BCUT2D eigenvalue weighted by atomic mass is 35.5. The van der Waals surface area contributed by atoms with E-state index >= 15 is 0 Å². The lowest BCUT2D eigenvalue weighted by molar-refractivity contribution is -0.182. The minimum atomic E-state index is -0.539. The number of ether oxygens (including phenoxy) is 1. The van der Waals surface area contributed by atoms with Gasteiger partial charge in [0, 0.05) is 13.0 Å². The summed E-state index contributed by atoms with van der Waals surface area (Å²) in [5, 5.41) is 1.38. The van der Waals surface area contributed by atoms with E-state index < -0.39 is 5.06 Å². The van der Waals surface area contributed by atoms with Gasteiger partial charge in [0.2, 0.25) is 0 Å². The van der Waals surface area contributed by atoms with Crippen LogP contribution >= 0.6 is 11.6 Å². The molecule has 2 saturated heterocycles. The Morgan fingerprint density at radius 2 is 2.20 bits per heavy atom. The monoisotopic (exact) mass is 227 g/mol. The SMILES string of the molecule is CN1O[C@@]2(Cl)[C@@H]3C=C[C@@H](C3)[C@]23COC[C@H]13. The Morgan fingerprint density at radius 3 is 3.07 bits per heavy atom. The average Bonchev–Trinajstić information content (AvgIpc) is 2.88. The third-order valence-corrected chi connectivity index (χ3v) is 5.48. The topological polar surface area (TPSA) is 21.7 Å². The molecule has 0 aromatic heterocycles. The first-order valence-electron chi connectivity index (χ1n) is 5.55. The third-order valence-electron chi connectivity index (χ3n) is 4.78. The molecule has 4 rings (SSSR count). The summed E-state index contributed by atoms with van der Waals surface area (Å²) in [7, 11) is 1.98. The number of nitrogens with zero attached hydrogens (tertiary/aromatic N) is 1. The van der Waals surface area contributed by atoms with Crippen molar-refractivity contribution in [2.45, 2.75) is 17.5 Å². The Hall–Kier alpha value is -0.0900. The summed E-state index contributed by atoms with van der Waals surface area (Å²) in [6.07, 6.45) is 5.67. The zero-order valence-corrected chi connectivity index (χ0v) is 9.41. The van der Waals surface area contributed by atoms with E-state index in [0.717, 1.165) is 19.6 Å². The lowest BCUT2D eigenvalue weighted by Gasteiger charge is -2.38. The molecular formula is C11H14ClNO2. The maximum atomic E-state index is 6.76. The zero-order valence-electron chi connectivity index (χ0n) is 8.65. The van der Waals surface area contributed by atoms with Gasteiger partial charge in [-0.2, -0.15) is 5.06 Å². The predicted molar refractivity (Wildman–Crippen MR) is 55.2 cm³/mol. The van der Waals surface area contributed by atoms with Crippen LogP contribution in [0.15, 0.2) is 12.2 Å². The molecule has 0 amide bonds. The van der Waals surface area contributed by atoms with E-state index in [2.05, 4.69) is 12.2 Å². The number of hydrogen-bond donors (Lipinski definition) is 0. The van der Waals surface area contributed by atoms with Gasteiger partial charge in [0.1, 0.15) is 0 Å². The lowest BCUT2D eigenvalue weighted by Crippen LogP contribution is -2.49. The molecule has 5 atom stereocenters. The molecule has 15 heavy (non-hydrogen) atoms. The standard InChI is InChI=1S/C11H14ClNO2/c1-13-9-5-14-6-10(9)7-2-3-8(4-7)11(10,12)15-13/h2-3,7-9H,4-6H2,1H3/t7-,8+,9-,10-,11-/m0/s1. The van der Waals surface area contributed by atoms with Crippen LogP contribution in [-0.2, 0) is 9.57 Å². The van der Waals surface area contributed by atoms with Crippen molar-refractivity contribution in [1.82, 2.24) is 5.06 Å². The number of halogens is 1. The Balaban J connectivity index is 1.92. The molecule has 2 bridgehead atoms. The van der Waals surface area contributed by atoms with Crippen LogP contribution < -0.4 is 0 Å². The maximum Gasteiger partial charge on any atom is 0.179 e. The van der Waals surface area contributed by atoms with Gasteiger partial charge in [0.05, 0.1) is 24.7 Å². The molecule has 4 aliphatic rings. The number of rotatable bonds is 0. The summed E-state index contributed by atoms with van der Waals surface area (Å²) in [5.74, 6) is 0.899. The zero-order chi connectivity index (χ0) is 10.3. The van der Waals surface area contributed by atoms with Crippen LogP contribution in [0.4, 0.5) is 0 Å². The summed E-state index contributed by atoms with van der Waals surface area (Å²) in [6, 6.07) is 0.329. The summed E-state index contributed by atoms with van der Waals surface area (Å²) in [4.78, 5) is 5.93. The second kappa shape index (κ2) is 2.43. The van der Waals surface area contributed by atoms with E-state index in [0.29, 0.717) is 17.9 Å².